The zero-order valence-electron chi connectivity index (χ0n) is 14.3. The lowest BCUT2D eigenvalue weighted by molar-refractivity contribution is -0.116. The molecule has 25 heavy (non-hydrogen) atoms. The van der Waals surface area contributed by atoms with Crippen LogP contribution in [0.25, 0.3) is 11.3 Å². The molecule has 1 aromatic carbocycles. The van der Waals surface area contributed by atoms with Gasteiger partial charge in [0.25, 0.3) is 0 Å². The number of nitrogens with zero attached hydrogens (tertiary/aromatic N) is 5. The number of hydrogen-bond donors (Lipinski definition) is 1. The average Bonchev–Trinajstić information content (AvgIpc) is 3.15. The summed E-state index contributed by atoms with van der Waals surface area (Å²) in [6, 6.07) is 6.55. The molecule has 0 bridgehead atoms. The Morgan fingerprint density at radius 3 is 2.72 bits per heavy atom. The quantitative estimate of drug-likeness (QED) is 0.773. The van der Waals surface area contributed by atoms with Crippen LogP contribution in [0.3, 0.4) is 0 Å². The average molecular weight is 342 g/mol. The Labute approximate surface area is 144 Å². The molecule has 0 radical (unpaired) electrons. The number of benzene rings is 1. The van der Waals surface area contributed by atoms with Crippen LogP contribution in [0.1, 0.15) is 25.5 Å². The molecule has 0 aliphatic carbocycles. The van der Waals surface area contributed by atoms with E-state index in [2.05, 4.69) is 20.6 Å². The second-order valence-electron chi connectivity index (χ2n) is 6.03. The van der Waals surface area contributed by atoms with Gasteiger partial charge in [0.05, 0.1) is 17.9 Å². The second kappa shape index (κ2) is 6.84. The van der Waals surface area contributed by atoms with Gasteiger partial charge >= 0.3 is 0 Å². The largest absolute Gasteiger partial charge is 0.306 e. The first-order valence-corrected chi connectivity index (χ1v) is 7.94. The van der Waals surface area contributed by atoms with Gasteiger partial charge in [-0.25, -0.2) is 4.39 Å². The maximum atomic E-state index is 13.9. The standard InChI is InChI=1S/C17H19FN6O/c1-11(2)24-19-8-15(21-24)20-16(25)10-23-9-12(3)17(22-23)13-6-4-5-7-14(13)18/h4-9,11H,10H2,1-3H3,(H,20,21,25). The molecule has 130 valence electrons. The number of carbonyl (C=O) groups is 1. The van der Waals surface area contributed by atoms with Crippen molar-refractivity contribution in [2.24, 2.45) is 0 Å². The molecule has 7 nitrogen and oxygen atoms in total. The monoisotopic (exact) mass is 342 g/mol. The number of hydrogen-bond acceptors (Lipinski definition) is 4. The summed E-state index contributed by atoms with van der Waals surface area (Å²) in [7, 11) is 0. The van der Waals surface area contributed by atoms with Crippen molar-refractivity contribution in [1.29, 1.82) is 0 Å². The number of nitrogens with one attached hydrogen (secondary N) is 1. The Kier molecular flexibility index (Phi) is 4.60. The third kappa shape index (κ3) is 3.73. The van der Waals surface area contributed by atoms with E-state index in [1.165, 1.54) is 21.7 Å². The zero-order valence-corrected chi connectivity index (χ0v) is 14.3. The fourth-order valence-electron chi connectivity index (χ4n) is 2.43. The van der Waals surface area contributed by atoms with Gasteiger partial charge in [-0.3, -0.25) is 9.48 Å². The van der Waals surface area contributed by atoms with Gasteiger partial charge in [-0.1, -0.05) is 12.1 Å². The Hall–Kier alpha value is -3.03. The molecule has 0 atom stereocenters. The summed E-state index contributed by atoms with van der Waals surface area (Å²) >= 11 is 0. The molecule has 0 spiro atoms. The zero-order chi connectivity index (χ0) is 18.0. The van der Waals surface area contributed by atoms with E-state index in [4.69, 9.17) is 0 Å². The molecule has 0 aliphatic rings. The molecule has 0 fully saturated rings. The number of halogens is 1. The highest BCUT2D eigenvalue weighted by Gasteiger charge is 2.14. The van der Waals surface area contributed by atoms with E-state index in [0.717, 1.165) is 5.56 Å². The Morgan fingerprint density at radius 1 is 1.28 bits per heavy atom. The Morgan fingerprint density at radius 2 is 2.04 bits per heavy atom. The molecule has 2 heterocycles. The van der Waals surface area contributed by atoms with Crippen molar-refractivity contribution in [3.05, 3.63) is 48.0 Å². The van der Waals surface area contributed by atoms with Crippen LogP contribution in [0.4, 0.5) is 10.2 Å². The van der Waals surface area contributed by atoms with Gasteiger partial charge in [0.1, 0.15) is 12.4 Å². The van der Waals surface area contributed by atoms with Gasteiger partial charge in [0, 0.05) is 11.8 Å². The molecule has 2 aromatic heterocycles. The van der Waals surface area contributed by atoms with Crippen LogP contribution >= 0.6 is 0 Å². The van der Waals surface area contributed by atoms with Gasteiger partial charge < -0.3 is 5.32 Å². The van der Waals surface area contributed by atoms with E-state index in [0.29, 0.717) is 17.1 Å². The van der Waals surface area contributed by atoms with Gasteiger partial charge in [0.15, 0.2) is 5.82 Å². The van der Waals surface area contributed by atoms with Crippen LogP contribution in [0.2, 0.25) is 0 Å². The van der Waals surface area contributed by atoms with Crippen LogP contribution in [0.15, 0.2) is 36.7 Å². The highest BCUT2D eigenvalue weighted by molar-refractivity contribution is 5.89. The first-order valence-electron chi connectivity index (χ1n) is 7.94. The van der Waals surface area contributed by atoms with Crippen molar-refractivity contribution in [2.45, 2.75) is 33.4 Å². The summed E-state index contributed by atoms with van der Waals surface area (Å²) in [5.74, 6) is -0.235. The van der Waals surface area contributed by atoms with Gasteiger partial charge in [0.2, 0.25) is 5.91 Å². The number of rotatable bonds is 5. The fourth-order valence-corrected chi connectivity index (χ4v) is 2.43. The van der Waals surface area contributed by atoms with Crippen LogP contribution in [-0.4, -0.2) is 30.7 Å². The third-order valence-corrected chi connectivity index (χ3v) is 3.62. The maximum absolute atomic E-state index is 13.9. The lowest BCUT2D eigenvalue weighted by Crippen LogP contribution is -2.19. The van der Waals surface area contributed by atoms with E-state index >= 15 is 0 Å². The normalized spacial score (nSPS) is 11.1. The number of carbonyl (C=O) groups excluding carboxylic acids is 1. The summed E-state index contributed by atoms with van der Waals surface area (Å²) in [6.45, 7) is 5.73. The number of amides is 1. The van der Waals surface area contributed by atoms with E-state index in [1.807, 2.05) is 20.8 Å². The Balaban J connectivity index is 1.72. The predicted octanol–water partition coefficient (Wildman–Crippen LogP) is 2.81. The van der Waals surface area contributed by atoms with Gasteiger partial charge in [-0.05, 0) is 38.5 Å². The molecule has 1 amide bonds. The summed E-state index contributed by atoms with van der Waals surface area (Å²) < 4.78 is 15.4. The lowest BCUT2D eigenvalue weighted by Gasteiger charge is -2.03. The SMILES string of the molecule is Cc1cn(CC(=O)Nc2cnn(C(C)C)n2)nc1-c1ccccc1F. The van der Waals surface area contributed by atoms with E-state index in [9.17, 15) is 9.18 Å². The minimum Gasteiger partial charge on any atom is -0.306 e. The molecule has 8 heteroatoms. The number of aryl methyl sites for hydroxylation is 1. The van der Waals surface area contributed by atoms with Crippen LogP contribution in [0, 0.1) is 12.7 Å². The molecule has 0 aliphatic heterocycles. The molecule has 3 aromatic rings. The molecule has 0 saturated carbocycles. The van der Waals surface area contributed by atoms with E-state index in [-0.39, 0.29) is 24.3 Å². The van der Waals surface area contributed by atoms with Crippen LogP contribution in [-0.2, 0) is 11.3 Å². The van der Waals surface area contributed by atoms with Crippen molar-refractivity contribution in [2.75, 3.05) is 5.32 Å². The van der Waals surface area contributed by atoms with E-state index < -0.39 is 0 Å². The highest BCUT2D eigenvalue weighted by atomic mass is 19.1. The summed E-state index contributed by atoms with van der Waals surface area (Å²) in [5, 5.41) is 15.2. The first kappa shape index (κ1) is 16.8. The summed E-state index contributed by atoms with van der Waals surface area (Å²) in [6.07, 6.45) is 3.21. The third-order valence-electron chi connectivity index (χ3n) is 3.62. The minimum absolute atomic E-state index is 0.00380. The highest BCUT2D eigenvalue weighted by Crippen LogP contribution is 2.24. The van der Waals surface area contributed by atoms with E-state index in [1.54, 1.807) is 24.4 Å². The molecular formula is C17H19FN6O. The second-order valence-corrected chi connectivity index (χ2v) is 6.03. The van der Waals surface area contributed by atoms with Crippen LogP contribution in [0.5, 0.6) is 0 Å². The van der Waals surface area contributed by atoms with Gasteiger partial charge in [-0.2, -0.15) is 15.0 Å². The van der Waals surface area contributed by atoms with Crippen molar-refractivity contribution in [1.82, 2.24) is 24.8 Å². The van der Waals surface area contributed by atoms with Crippen molar-refractivity contribution < 1.29 is 9.18 Å². The maximum Gasteiger partial charge on any atom is 0.247 e. The topological polar surface area (TPSA) is 77.6 Å². The lowest BCUT2D eigenvalue weighted by atomic mass is 10.1. The van der Waals surface area contributed by atoms with Crippen LogP contribution < -0.4 is 5.32 Å². The van der Waals surface area contributed by atoms with Crippen molar-refractivity contribution in [3.63, 3.8) is 0 Å². The fraction of sp³-hybridized carbons (Fsp3) is 0.294. The van der Waals surface area contributed by atoms with Gasteiger partial charge in [-0.15, -0.1) is 5.10 Å². The predicted molar refractivity (Wildman–Crippen MR) is 91.4 cm³/mol. The number of aromatic nitrogens is 5. The Bertz CT molecular complexity index is 898. The molecule has 1 N–H and O–H groups in total. The summed E-state index contributed by atoms with van der Waals surface area (Å²) in [4.78, 5) is 13.7. The molecule has 0 saturated heterocycles. The number of anilines is 1. The van der Waals surface area contributed by atoms with Crippen molar-refractivity contribution in [3.8, 4) is 11.3 Å². The first-order chi connectivity index (χ1) is 11.9. The molecular weight excluding hydrogens is 323 g/mol. The summed E-state index contributed by atoms with van der Waals surface area (Å²) in [5.41, 5.74) is 1.74. The minimum atomic E-state index is -0.342. The molecule has 3 rings (SSSR count). The molecule has 0 unspecified atom stereocenters. The smallest absolute Gasteiger partial charge is 0.247 e. The van der Waals surface area contributed by atoms with Crippen molar-refractivity contribution >= 4 is 11.7 Å².